The van der Waals surface area contributed by atoms with Gasteiger partial charge in [-0.05, 0) is 31.2 Å². The molecule has 1 aliphatic heterocycles. The molecule has 1 N–H and O–H groups in total. The van der Waals surface area contributed by atoms with Crippen LogP contribution >= 0.6 is 0 Å². The highest BCUT2D eigenvalue weighted by Gasteiger charge is 2.21. The molecule has 1 amide bonds. The molecular weight excluding hydrogens is 266 g/mol. The number of hydrogen-bond acceptors (Lipinski definition) is 4. The number of carbonyl (C=O) groups excluding carboxylic acids is 1. The Bertz CT molecular complexity index is 459. The molecule has 5 nitrogen and oxygen atoms in total. The molecule has 1 atom stereocenters. The van der Waals surface area contributed by atoms with Gasteiger partial charge in [-0.25, -0.2) is 0 Å². The van der Waals surface area contributed by atoms with Gasteiger partial charge in [0.25, 0.3) is 5.91 Å². The number of nitrogens with zero attached hydrogens (tertiary/aromatic N) is 2. The fourth-order valence-electron chi connectivity index (χ4n) is 2.61. The topological polar surface area (TPSA) is 54.5 Å². The molecule has 0 aromatic carbocycles. The molecule has 1 aromatic rings. The molecule has 0 bridgehead atoms. The van der Waals surface area contributed by atoms with Crippen molar-refractivity contribution in [3.05, 3.63) is 24.0 Å². The third-order valence-electron chi connectivity index (χ3n) is 3.75. The summed E-state index contributed by atoms with van der Waals surface area (Å²) < 4.78 is 5.48. The van der Waals surface area contributed by atoms with Gasteiger partial charge in [0.15, 0.2) is 0 Å². The summed E-state index contributed by atoms with van der Waals surface area (Å²) in [7, 11) is 1.86. The largest absolute Gasteiger partial charge is 0.383 e. The number of pyridine rings is 1. The predicted octanol–water partition coefficient (Wildman–Crippen LogP) is 2.40. The smallest absolute Gasteiger partial charge is 0.255 e. The molecule has 1 fully saturated rings. The van der Waals surface area contributed by atoms with E-state index in [0.29, 0.717) is 11.5 Å². The van der Waals surface area contributed by atoms with Crippen molar-refractivity contribution in [2.75, 3.05) is 38.7 Å². The average molecular weight is 291 g/mol. The number of amides is 1. The monoisotopic (exact) mass is 291 g/mol. The van der Waals surface area contributed by atoms with Crippen molar-refractivity contribution in [3.8, 4) is 0 Å². The van der Waals surface area contributed by atoms with Crippen LogP contribution in [0.2, 0.25) is 0 Å². The third-order valence-corrected chi connectivity index (χ3v) is 3.75. The first kappa shape index (κ1) is 15.8. The fourth-order valence-corrected chi connectivity index (χ4v) is 2.61. The van der Waals surface area contributed by atoms with Crippen molar-refractivity contribution >= 4 is 11.6 Å². The van der Waals surface area contributed by atoms with Gasteiger partial charge in [-0.15, -0.1) is 0 Å². The number of hydrogen-bond donors (Lipinski definition) is 1. The number of nitrogens with one attached hydrogen (secondary N) is 1. The zero-order chi connectivity index (χ0) is 15.1. The van der Waals surface area contributed by atoms with Gasteiger partial charge in [0.2, 0.25) is 0 Å². The van der Waals surface area contributed by atoms with E-state index in [9.17, 15) is 4.79 Å². The molecule has 21 heavy (non-hydrogen) atoms. The normalized spacial score (nSPS) is 18.3. The second-order valence-electron chi connectivity index (χ2n) is 5.62. The van der Waals surface area contributed by atoms with Crippen LogP contribution in [0, 0.1) is 5.92 Å². The van der Waals surface area contributed by atoms with Crippen LogP contribution in [0.4, 0.5) is 5.69 Å². The van der Waals surface area contributed by atoms with Crippen molar-refractivity contribution in [2.24, 2.45) is 5.92 Å². The van der Waals surface area contributed by atoms with Crippen molar-refractivity contribution in [2.45, 2.75) is 26.2 Å². The van der Waals surface area contributed by atoms with Crippen molar-refractivity contribution in [3.63, 3.8) is 0 Å². The summed E-state index contributed by atoms with van der Waals surface area (Å²) in [6.07, 6.45) is 6.63. The number of ether oxygens (including phenoxy) is 1. The van der Waals surface area contributed by atoms with Crippen LogP contribution in [0.3, 0.4) is 0 Å². The van der Waals surface area contributed by atoms with Gasteiger partial charge in [0.05, 0.1) is 24.1 Å². The van der Waals surface area contributed by atoms with Crippen LogP contribution in [0.25, 0.3) is 0 Å². The van der Waals surface area contributed by atoms with Crippen LogP contribution in [-0.4, -0.2) is 49.1 Å². The van der Waals surface area contributed by atoms with Gasteiger partial charge in [0, 0.05) is 32.9 Å². The molecule has 5 heteroatoms. The van der Waals surface area contributed by atoms with Gasteiger partial charge in [-0.3, -0.25) is 9.78 Å². The number of aromatic nitrogens is 1. The molecule has 0 saturated carbocycles. The number of anilines is 1. The molecule has 1 aliphatic rings. The minimum absolute atomic E-state index is 0.0431. The zero-order valence-electron chi connectivity index (χ0n) is 13.0. The summed E-state index contributed by atoms with van der Waals surface area (Å²) in [5.41, 5.74) is 1.51. The first-order chi connectivity index (χ1) is 10.2. The quantitative estimate of drug-likeness (QED) is 0.874. The summed E-state index contributed by atoms with van der Waals surface area (Å²) >= 11 is 0. The van der Waals surface area contributed by atoms with Crippen LogP contribution < -0.4 is 5.32 Å². The molecule has 2 heterocycles. The molecule has 1 saturated heterocycles. The van der Waals surface area contributed by atoms with Gasteiger partial charge in [-0.1, -0.05) is 6.92 Å². The zero-order valence-corrected chi connectivity index (χ0v) is 13.0. The van der Waals surface area contributed by atoms with E-state index in [1.807, 2.05) is 7.05 Å². The fraction of sp³-hybridized carbons (Fsp3) is 0.625. The van der Waals surface area contributed by atoms with Crippen LogP contribution in [0.15, 0.2) is 18.5 Å². The molecule has 2 rings (SSSR count). The van der Waals surface area contributed by atoms with Gasteiger partial charge in [0.1, 0.15) is 0 Å². The Balaban J connectivity index is 2.00. The summed E-state index contributed by atoms with van der Waals surface area (Å²) in [4.78, 5) is 18.5. The minimum Gasteiger partial charge on any atom is -0.383 e. The van der Waals surface area contributed by atoms with Crippen molar-refractivity contribution in [1.82, 2.24) is 9.88 Å². The Hall–Kier alpha value is -1.62. The summed E-state index contributed by atoms with van der Waals surface area (Å²) in [5.74, 6) is 0.489. The Morgan fingerprint density at radius 2 is 2.43 bits per heavy atom. The van der Waals surface area contributed by atoms with Crippen molar-refractivity contribution in [1.29, 1.82) is 0 Å². The van der Waals surface area contributed by atoms with E-state index in [2.05, 4.69) is 17.2 Å². The van der Waals surface area contributed by atoms with E-state index in [-0.39, 0.29) is 5.91 Å². The average Bonchev–Trinajstić information content (AvgIpc) is 2.53. The Morgan fingerprint density at radius 3 is 3.14 bits per heavy atom. The first-order valence-electron chi connectivity index (χ1n) is 7.73. The van der Waals surface area contributed by atoms with E-state index in [4.69, 9.17) is 4.74 Å². The minimum atomic E-state index is 0.0431. The molecule has 0 radical (unpaired) electrons. The van der Waals surface area contributed by atoms with Gasteiger partial charge >= 0.3 is 0 Å². The van der Waals surface area contributed by atoms with Gasteiger partial charge in [-0.2, -0.15) is 0 Å². The highest BCUT2D eigenvalue weighted by Crippen LogP contribution is 2.19. The summed E-state index contributed by atoms with van der Waals surface area (Å²) in [5, 5.41) is 3.27. The van der Waals surface area contributed by atoms with Gasteiger partial charge < -0.3 is 15.0 Å². The highest BCUT2D eigenvalue weighted by atomic mass is 16.5. The summed E-state index contributed by atoms with van der Waals surface area (Å²) in [6.45, 7) is 5.29. The number of rotatable bonds is 6. The molecule has 0 aliphatic carbocycles. The van der Waals surface area contributed by atoms with E-state index in [1.165, 1.54) is 0 Å². The lowest BCUT2D eigenvalue weighted by Crippen LogP contribution is -2.35. The second-order valence-corrected chi connectivity index (χ2v) is 5.62. The van der Waals surface area contributed by atoms with E-state index < -0.39 is 0 Å². The highest BCUT2D eigenvalue weighted by molar-refractivity contribution is 5.99. The summed E-state index contributed by atoms with van der Waals surface area (Å²) in [6, 6.07) is 1.79. The molecular formula is C16H25N3O2. The van der Waals surface area contributed by atoms with Crippen LogP contribution in [0.5, 0.6) is 0 Å². The first-order valence-corrected chi connectivity index (χ1v) is 7.73. The van der Waals surface area contributed by atoms with E-state index in [0.717, 1.165) is 51.3 Å². The SMILES string of the molecule is CCCNc1cnccc1C(=O)N(C)CC1CCCOC1. The maximum atomic E-state index is 12.6. The second kappa shape index (κ2) is 7.98. The third kappa shape index (κ3) is 4.43. The molecule has 0 spiro atoms. The van der Waals surface area contributed by atoms with Crippen LogP contribution in [-0.2, 0) is 4.74 Å². The lowest BCUT2D eigenvalue weighted by atomic mass is 10.0. The predicted molar refractivity (Wildman–Crippen MR) is 83.5 cm³/mol. The Kier molecular flexibility index (Phi) is 5.99. The molecule has 1 unspecified atom stereocenters. The standard InChI is InChI=1S/C16H25N3O2/c1-3-7-18-15-10-17-8-6-14(15)16(20)19(2)11-13-5-4-9-21-12-13/h6,8,10,13,18H,3-5,7,9,11-12H2,1-2H3. The Labute approximate surface area is 126 Å². The lowest BCUT2D eigenvalue weighted by Gasteiger charge is -2.27. The van der Waals surface area contributed by atoms with E-state index in [1.54, 1.807) is 23.4 Å². The molecule has 116 valence electrons. The maximum Gasteiger partial charge on any atom is 0.255 e. The molecule has 1 aromatic heterocycles. The van der Waals surface area contributed by atoms with E-state index >= 15 is 0 Å². The van der Waals surface area contributed by atoms with Crippen LogP contribution in [0.1, 0.15) is 36.5 Å². The Morgan fingerprint density at radius 1 is 1.57 bits per heavy atom. The van der Waals surface area contributed by atoms with Crippen molar-refractivity contribution < 1.29 is 9.53 Å². The number of carbonyl (C=O) groups is 1. The lowest BCUT2D eigenvalue weighted by molar-refractivity contribution is 0.0389. The maximum absolute atomic E-state index is 12.6.